The van der Waals surface area contributed by atoms with Crippen molar-refractivity contribution in [3.63, 3.8) is 0 Å². The highest BCUT2D eigenvalue weighted by molar-refractivity contribution is 6.55. The molecule has 0 amide bonds. The van der Waals surface area contributed by atoms with E-state index in [0.717, 1.165) is 16.6 Å². The van der Waals surface area contributed by atoms with Crippen LogP contribution < -0.4 is 12.4 Å². The number of halogens is 6. The van der Waals surface area contributed by atoms with Crippen LogP contribution in [0.3, 0.4) is 0 Å². The predicted molar refractivity (Wildman–Crippen MR) is 124 cm³/mol. The Bertz CT molecular complexity index is 560. The largest absolute Gasteiger partial charge is 1.00 e. The smallest absolute Gasteiger partial charge is 0.107 e. The molecule has 0 aromatic heterocycles. The second-order valence-corrected chi connectivity index (χ2v) is 9.94. The lowest BCUT2D eigenvalue weighted by atomic mass is 10.1. The first-order valence-electron chi connectivity index (χ1n) is 10.0. The first-order chi connectivity index (χ1) is 12.7. The molecule has 0 unspecified atom stereocenters. The lowest BCUT2D eigenvalue weighted by molar-refractivity contribution is -0.903. The molecule has 0 atom stereocenters. The quantitative estimate of drug-likeness (QED) is 0.123. The average molecular weight is 512 g/mol. The van der Waals surface area contributed by atoms with Crippen LogP contribution in [0.15, 0.2) is 0 Å². The fourth-order valence-corrected chi connectivity index (χ4v) is 4.62. The summed E-state index contributed by atoms with van der Waals surface area (Å²) >= 11 is 31.2. The Morgan fingerprint density at radius 2 is 0.929 bits per heavy atom. The van der Waals surface area contributed by atoms with Crippen LogP contribution in [0.5, 0.6) is 0 Å². The Morgan fingerprint density at radius 3 is 1.36 bits per heavy atom. The Morgan fingerprint density at radius 1 is 0.571 bits per heavy atom. The van der Waals surface area contributed by atoms with Crippen molar-refractivity contribution in [2.24, 2.45) is 0 Å². The zero-order chi connectivity index (χ0) is 20.4. The SMILES string of the molecule is CCCCCCCCCCCC[N+](C)(C)Cc1c(Cl)c(Cl)c(Cl)c(Cl)c1Cl.[Cl-]. The molecule has 0 N–H and O–H groups in total. The van der Waals surface area contributed by atoms with Crippen LogP contribution in [0.4, 0.5) is 0 Å². The van der Waals surface area contributed by atoms with Crippen LogP contribution in [-0.4, -0.2) is 25.1 Å². The van der Waals surface area contributed by atoms with E-state index in [-0.39, 0.29) is 27.5 Å². The van der Waals surface area contributed by atoms with Gasteiger partial charge in [-0.3, -0.25) is 0 Å². The van der Waals surface area contributed by atoms with E-state index in [0.29, 0.717) is 16.6 Å². The van der Waals surface area contributed by atoms with E-state index >= 15 is 0 Å². The lowest BCUT2D eigenvalue weighted by Gasteiger charge is -2.31. The Balaban J connectivity index is 0.00000729. The standard InChI is InChI=1S/C21H33Cl5N.ClH/c1-4-5-6-7-8-9-10-11-12-13-14-27(2,3)15-16-17(22)19(24)21(26)20(25)18(16)23;/h4-15H2,1-3H3;1H/q+1;/p-1. The van der Waals surface area contributed by atoms with E-state index in [1.165, 1.54) is 64.2 Å². The number of rotatable bonds is 13. The van der Waals surface area contributed by atoms with Crippen molar-refractivity contribution < 1.29 is 16.9 Å². The zero-order valence-electron chi connectivity index (χ0n) is 17.2. The highest BCUT2D eigenvalue weighted by Crippen LogP contribution is 2.44. The minimum Gasteiger partial charge on any atom is -1.00 e. The molecule has 1 aromatic carbocycles. The second-order valence-electron chi connectivity index (χ2n) is 8.05. The van der Waals surface area contributed by atoms with Gasteiger partial charge in [0.15, 0.2) is 0 Å². The van der Waals surface area contributed by atoms with Crippen LogP contribution in [0.1, 0.15) is 76.7 Å². The molecule has 0 spiro atoms. The van der Waals surface area contributed by atoms with E-state index < -0.39 is 0 Å². The molecule has 0 radical (unpaired) electrons. The second kappa shape index (κ2) is 14.8. The van der Waals surface area contributed by atoms with E-state index in [9.17, 15) is 0 Å². The summed E-state index contributed by atoms with van der Waals surface area (Å²) in [5.41, 5.74) is 0.773. The van der Waals surface area contributed by atoms with Crippen molar-refractivity contribution in [2.45, 2.75) is 77.7 Å². The Kier molecular flexibility index (Phi) is 15.3. The molecule has 0 aliphatic rings. The first kappa shape index (κ1) is 28.9. The van der Waals surface area contributed by atoms with Crippen molar-refractivity contribution in [2.75, 3.05) is 20.6 Å². The predicted octanol–water partition coefficient (Wildman–Crippen LogP) is 6.45. The lowest BCUT2D eigenvalue weighted by Crippen LogP contribution is -3.00. The monoisotopic (exact) mass is 509 g/mol. The number of hydrogen-bond acceptors (Lipinski definition) is 0. The number of quaternary nitrogens is 1. The van der Waals surface area contributed by atoms with Crippen molar-refractivity contribution in [1.82, 2.24) is 0 Å². The van der Waals surface area contributed by atoms with Gasteiger partial charge in [0.2, 0.25) is 0 Å². The van der Waals surface area contributed by atoms with Crippen LogP contribution in [0, 0.1) is 0 Å². The van der Waals surface area contributed by atoms with Gasteiger partial charge in [0.25, 0.3) is 0 Å². The zero-order valence-corrected chi connectivity index (χ0v) is 21.7. The number of nitrogens with zero attached hydrogens (tertiary/aromatic N) is 1. The molecule has 0 bridgehead atoms. The summed E-state index contributed by atoms with van der Waals surface area (Å²) in [6.45, 7) is 3.99. The van der Waals surface area contributed by atoms with Crippen molar-refractivity contribution in [3.8, 4) is 0 Å². The molecule has 1 aromatic rings. The van der Waals surface area contributed by atoms with Gasteiger partial charge in [-0.25, -0.2) is 0 Å². The topological polar surface area (TPSA) is 0 Å². The summed E-state index contributed by atoms with van der Waals surface area (Å²) in [6, 6.07) is 0. The molecule has 1 rings (SSSR count). The van der Waals surface area contributed by atoms with Crippen molar-refractivity contribution in [1.29, 1.82) is 0 Å². The summed E-state index contributed by atoms with van der Waals surface area (Å²) in [5, 5.41) is 1.59. The summed E-state index contributed by atoms with van der Waals surface area (Å²) in [5.74, 6) is 0. The summed E-state index contributed by atoms with van der Waals surface area (Å²) in [6.07, 6.45) is 13.4. The maximum Gasteiger partial charge on any atom is 0.107 e. The van der Waals surface area contributed by atoms with Crippen LogP contribution >= 0.6 is 58.0 Å². The first-order valence-corrected chi connectivity index (χ1v) is 11.9. The van der Waals surface area contributed by atoms with Gasteiger partial charge in [-0.05, 0) is 12.8 Å². The maximum absolute atomic E-state index is 6.38. The van der Waals surface area contributed by atoms with Gasteiger partial charge in [0.1, 0.15) is 6.54 Å². The molecule has 0 fully saturated rings. The molecule has 0 saturated carbocycles. The summed E-state index contributed by atoms with van der Waals surface area (Å²) in [7, 11) is 4.35. The molecule has 0 saturated heterocycles. The number of benzene rings is 1. The van der Waals surface area contributed by atoms with Crippen molar-refractivity contribution >= 4 is 58.0 Å². The molecule has 28 heavy (non-hydrogen) atoms. The maximum atomic E-state index is 6.38. The molecule has 1 nitrogen and oxygen atoms in total. The van der Waals surface area contributed by atoms with Gasteiger partial charge in [-0.1, -0.05) is 116 Å². The number of hydrogen-bond donors (Lipinski definition) is 0. The van der Waals surface area contributed by atoms with Gasteiger partial charge >= 0.3 is 0 Å². The van der Waals surface area contributed by atoms with Crippen LogP contribution in [-0.2, 0) is 6.54 Å². The fraction of sp³-hybridized carbons (Fsp3) is 0.714. The third-order valence-electron chi connectivity index (χ3n) is 5.00. The van der Waals surface area contributed by atoms with Gasteiger partial charge in [-0.15, -0.1) is 0 Å². The van der Waals surface area contributed by atoms with Crippen molar-refractivity contribution in [3.05, 3.63) is 30.7 Å². The van der Waals surface area contributed by atoms with Gasteiger partial charge in [0, 0.05) is 5.56 Å². The molecule has 7 heteroatoms. The normalized spacial score (nSPS) is 11.6. The van der Waals surface area contributed by atoms with Crippen LogP contribution in [0.25, 0.3) is 0 Å². The minimum atomic E-state index is 0. The van der Waals surface area contributed by atoms with Gasteiger partial charge in [0.05, 0.1) is 45.8 Å². The molecular weight excluding hydrogens is 479 g/mol. The fourth-order valence-electron chi connectivity index (χ4n) is 3.32. The molecular formula is C21H33Cl6N. The van der Waals surface area contributed by atoms with Gasteiger partial charge < -0.3 is 16.9 Å². The van der Waals surface area contributed by atoms with E-state index in [2.05, 4.69) is 21.0 Å². The minimum absolute atomic E-state index is 0. The molecule has 0 aliphatic carbocycles. The summed E-state index contributed by atoms with van der Waals surface area (Å²) in [4.78, 5) is 0. The summed E-state index contributed by atoms with van der Waals surface area (Å²) < 4.78 is 0.782. The van der Waals surface area contributed by atoms with Crippen LogP contribution in [0.2, 0.25) is 25.1 Å². The highest BCUT2D eigenvalue weighted by atomic mass is 35.5. The number of unbranched alkanes of at least 4 members (excludes halogenated alkanes) is 9. The third-order valence-corrected chi connectivity index (χ3v) is 7.36. The Hall–Kier alpha value is 0.920. The third kappa shape index (κ3) is 9.82. The Labute approximate surface area is 203 Å². The van der Waals surface area contributed by atoms with E-state index in [4.69, 9.17) is 58.0 Å². The molecule has 164 valence electrons. The van der Waals surface area contributed by atoms with E-state index in [1.54, 1.807) is 0 Å². The highest BCUT2D eigenvalue weighted by Gasteiger charge is 2.25. The van der Waals surface area contributed by atoms with Gasteiger partial charge in [-0.2, -0.15) is 0 Å². The van der Waals surface area contributed by atoms with E-state index in [1.807, 2.05) is 0 Å². The average Bonchev–Trinajstić information content (AvgIpc) is 2.63. The molecule has 0 heterocycles. The molecule has 0 aliphatic heterocycles.